The van der Waals surface area contributed by atoms with E-state index in [0.717, 1.165) is 33.7 Å². The first kappa shape index (κ1) is 27.1. The molecule has 3 aromatic carbocycles. The van der Waals surface area contributed by atoms with Crippen LogP contribution in [0.5, 0.6) is 5.75 Å². The smallest absolute Gasteiger partial charge is 0.416 e. The molecule has 0 N–H and O–H groups in total. The van der Waals surface area contributed by atoms with Gasteiger partial charge in [0, 0.05) is 30.3 Å². The van der Waals surface area contributed by atoms with Crippen molar-refractivity contribution in [2.24, 2.45) is 0 Å². The van der Waals surface area contributed by atoms with Crippen LogP contribution in [-0.2, 0) is 21.5 Å². The fourth-order valence-corrected chi connectivity index (χ4v) is 4.41. The summed E-state index contributed by atoms with van der Waals surface area (Å²) in [6, 6.07) is 15.8. The Balaban J connectivity index is 1.85. The maximum atomic E-state index is 12.9. The van der Waals surface area contributed by atoms with Crippen LogP contribution in [0.25, 0.3) is 11.1 Å². The number of methoxy groups -OCH3 is 1. The third-order valence-corrected chi connectivity index (χ3v) is 6.44. The van der Waals surface area contributed by atoms with Crippen LogP contribution in [-0.4, -0.2) is 44.6 Å². The van der Waals surface area contributed by atoms with Crippen LogP contribution in [0.15, 0.2) is 65.6 Å². The van der Waals surface area contributed by atoms with Crippen LogP contribution in [0.4, 0.5) is 13.2 Å². The van der Waals surface area contributed by atoms with Crippen molar-refractivity contribution in [3.05, 3.63) is 82.9 Å². The molecule has 36 heavy (non-hydrogen) atoms. The lowest BCUT2D eigenvalue weighted by Crippen LogP contribution is -2.22. The number of ether oxygens (including phenoxy) is 2. The highest BCUT2D eigenvalue weighted by atomic mass is 32.2. The molecule has 0 spiro atoms. The van der Waals surface area contributed by atoms with E-state index in [9.17, 15) is 22.8 Å². The molecule has 0 aromatic heterocycles. The average Bonchev–Trinajstić information content (AvgIpc) is 2.85. The second kappa shape index (κ2) is 11.5. The SMILES string of the molecule is COC(=O)COc1ccc(SCc2cc(-c3ccc(C(F)(F)F)cc3)ccc2C(=O)N(C)C)cc1C. The number of esters is 1. The summed E-state index contributed by atoms with van der Waals surface area (Å²) in [4.78, 5) is 26.5. The second-order valence-corrected chi connectivity index (χ2v) is 9.28. The first-order valence-corrected chi connectivity index (χ1v) is 11.9. The number of thioether (sulfide) groups is 1. The monoisotopic (exact) mass is 517 g/mol. The van der Waals surface area contributed by atoms with E-state index in [1.807, 2.05) is 25.1 Å². The molecule has 0 bridgehead atoms. The highest BCUT2D eigenvalue weighted by Gasteiger charge is 2.30. The third-order valence-electron chi connectivity index (χ3n) is 5.40. The Labute approximate surface area is 212 Å². The van der Waals surface area contributed by atoms with E-state index in [0.29, 0.717) is 22.6 Å². The van der Waals surface area contributed by atoms with Crippen molar-refractivity contribution in [2.45, 2.75) is 23.7 Å². The van der Waals surface area contributed by atoms with Gasteiger partial charge in [0.1, 0.15) is 5.75 Å². The molecule has 0 aliphatic heterocycles. The van der Waals surface area contributed by atoms with Crippen molar-refractivity contribution < 1.29 is 32.2 Å². The normalized spacial score (nSPS) is 11.2. The van der Waals surface area contributed by atoms with Crippen LogP contribution in [0.2, 0.25) is 0 Å². The van der Waals surface area contributed by atoms with Gasteiger partial charge in [0.25, 0.3) is 5.91 Å². The Hall–Kier alpha value is -3.46. The topological polar surface area (TPSA) is 55.8 Å². The molecule has 5 nitrogen and oxygen atoms in total. The number of carbonyl (C=O) groups is 2. The molecule has 0 fully saturated rings. The van der Waals surface area contributed by atoms with E-state index < -0.39 is 17.7 Å². The van der Waals surface area contributed by atoms with Crippen molar-refractivity contribution in [1.82, 2.24) is 4.90 Å². The first-order chi connectivity index (χ1) is 17.0. The number of halogens is 3. The molecule has 3 rings (SSSR count). The Morgan fingerprint density at radius 1 is 0.944 bits per heavy atom. The van der Waals surface area contributed by atoms with Crippen LogP contribution in [0.3, 0.4) is 0 Å². The predicted octanol–water partition coefficient (Wildman–Crippen LogP) is 6.23. The highest BCUT2D eigenvalue weighted by molar-refractivity contribution is 7.98. The zero-order valence-corrected chi connectivity index (χ0v) is 21.1. The van der Waals surface area contributed by atoms with Gasteiger partial charge in [-0.3, -0.25) is 4.79 Å². The summed E-state index contributed by atoms with van der Waals surface area (Å²) in [7, 11) is 4.62. The van der Waals surface area contributed by atoms with Crippen molar-refractivity contribution in [3.63, 3.8) is 0 Å². The quantitative estimate of drug-likeness (QED) is 0.262. The van der Waals surface area contributed by atoms with E-state index in [1.54, 1.807) is 32.3 Å². The van der Waals surface area contributed by atoms with Crippen LogP contribution >= 0.6 is 11.8 Å². The summed E-state index contributed by atoms with van der Waals surface area (Å²) in [5, 5.41) is 0. The predicted molar refractivity (Wildman–Crippen MR) is 133 cm³/mol. The van der Waals surface area contributed by atoms with Gasteiger partial charge in [-0.15, -0.1) is 11.8 Å². The number of nitrogens with zero attached hydrogens (tertiary/aromatic N) is 1. The number of rotatable bonds is 8. The van der Waals surface area contributed by atoms with Gasteiger partial charge in [-0.1, -0.05) is 18.2 Å². The lowest BCUT2D eigenvalue weighted by molar-refractivity contribution is -0.143. The molecule has 0 atom stereocenters. The summed E-state index contributed by atoms with van der Waals surface area (Å²) in [5.41, 5.74) is 2.76. The minimum absolute atomic E-state index is 0.160. The number of hydrogen-bond donors (Lipinski definition) is 0. The fourth-order valence-electron chi connectivity index (χ4n) is 3.42. The molecule has 0 aliphatic carbocycles. The first-order valence-electron chi connectivity index (χ1n) is 10.9. The maximum Gasteiger partial charge on any atom is 0.416 e. The van der Waals surface area contributed by atoms with Gasteiger partial charge in [0.15, 0.2) is 6.61 Å². The van der Waals surface area contributed by atoms with E-state index >= 15 is 0 Å². The Bertz CT molecular complexity index is 1240. The molecule has 0 saturated heterocycles. The van der Waals surface area contributed by atoms with E-state index in [1.165, 1.54) is 35.9 Å². The number of hydrogen-bond acceptors (Lipinski definition) is 5. The summed E-state index contributed by atoms with van der Waals surface area (Å²) < 4.78 is 48.9. The largest absolute Gasteiger partial charge is 0.482 e. The molecule has 9 heteroatoms. The number of alkyl halides is 3. The number of amides is 1. The van der Waals surface area contributed by atoms with Gasteiger partial charge in [0.05, 0.1) is 12.7 Å². The molecule has 1 amide bonds. The van der Waals surface area contributed by atoms with E-state index in [2.05, 4.69) is 4.74 Å². The maximum absolute atomic E-state index is 12.9. The van der Waals surface area contributed by atoms with Crippen molar-refractivity contribution in [3.8, 4) is 16.9 Å². The van der Waals surface area contributed by atoms with Crippen LogP contribution < -0.4 is 4.74 Å². The van der Waals surface area contributed by atoms with Crippen LogP contribution in [0.1, 0.15) is 27.0 Å². The zero-order chi connectivity index (χ0) is 26.5. The van der Waals surface area contributed by atoms with Gasteiger partial charge in [-0.25, -0.2) is 4.79 Å². The summed E-state index contributed by atoms with van der Waals surface area (Å²) in [6.45, 7) is 1.68. The van der Waals surface area contributed by atoms with Gasteiger partial charge in [-0.2, -0.15) is 13.2 Å². The number of benzene rings is 3. The Morgan fingerprint density at radius 3 is 2.19 bits per heavy atom. The molecule has 0 radical (unpaired) electrons. The van der Waals surface area contributed by atoms with E-state index in [4.69, 9.17) is 4.74 Å². The van der Waals surface area contributed by atoms with E-state index in [-0.39, 0.29) is 12.5 Å². The van der Waals surface area contributed by atoms with Crippen molar-refractivity contribution in [1.29, 1.82) is 0 Å². The molecule has 0 saturated carbocycles. The van der Waals surface area contributed by atoms with Crippen LogP contribution in [0, 0.1) is 6.92 Å². The molecule has 3 aromatic rings. The average molecular weight is 518 g/mol. The minimum atomic E-state index is -4.40. The standard InChI is InChI=1S/C27H26F3NO4S/c1-17-13-22(10-12-24(17)35-15-25(32)34-4)36-16-20-14-19(7-11-23(20)26(33)31(2)3)18-5-8-21(9-6-18)27(28,29)30/h5-14H,15-16H2,1-4H3. The number of aryl methyl sites for hydroxylation is 1. The lowest BCUT2D eigenvalue weighted by Gasteiger charge is -2.16. The van der Waals surface area contributed by atoms with Gasteiger partial charge >= 0.3 is 12.1 Å². The van der Waals surface area contributed by atoms with Gasteiger partial charge in [0.2, 0.25) is 0 Å². The highest BCUT2D eigenvalue weighted by Crippen LogP contribution is 2.33. The van der Waals surface area contributed by atoms with Gasteiger partial charge < -0.3 is 14.4 Å². The van der Waals surface area contributed by atoms with Crippen molar-refractivity contribution in [2.75, 3.05) is 27.8 Å². The third kappa shape index (κ3) is 6.81. The number of carbonyl (C=O) groups excluding carboxylic acids is 2. The summed E-state index contributed by atoms with van der Waals surface area (Å²) in [5.74, 6) is 0.397. The second-order valence-electron chi connectivity index (χ2n) is 8.23. The molecule has 0 heterocycles. The minimum Gasteiger partial charge on any atom is -0.482 e. The van der Waals surface area contributed by atoms with Gasteiger partial charge in [-0.05, 0) is 71.6 Å². The lowest BCUT2D eigenvalue weighted by atomic mass is 9.98. The fraction of sp³-hybridized carbons (Fsp3) is 0.259. The molecule has 0 unspecified atom stereocenters. The summed E-state index contributed by atoms with van der Waals surface area (Å²) >= 11 is 1.51. The Morgan fingerprint density at radius 2 is 1.61 bits per heavy atom. The molecule has 190 valence electrons. The van der Waals surface area contributed by atoms with Crippen molar-refractivity contribution >= 4 is 23.6 Å². The molecular weight excluding hydrogens is 491 g/mol. The zero-order valence-electron chi connectivity index (χ0n) is 20.3. The summed E-state index contributed by atoms with van der Waals surface area (Å²) in [6.07, 6.45) is -4.40. The Kier molecular flexibility index (Phi) is 8.68. The molecule has 0 aliphatic rings. The molecular formula is C27H26F3NO4S.